The van der Waals surface area contributed by atoms with E-state index in [1.54, 1.807) is 6.07 Å². The van der Waals surface area contributed by atoms with Gasteiger partial charge < -0.3 is 10.4 Å². The molecule has 0 aliphatic heterocycles. The maximum Gasteiger partial charge on any atom is 0.253 e. The zero-order valence-corrected chi connectivity index (χ0v) is 11.5. The second-order valence-electron chi connectivity index (χ2n) is 4.40. The molecule has 4 nitrogen and oxygen atoms in total. The Labute approximate surface area is 122 Å². The molecule has 0 radical (unpaired) electrons. The third-order valence-electron chi connectivity index (χ3n) is 2.90. The predicted molar refractivity (Wildman–Crippen MR) is 77.7 cm³/mol. The van der Waals surface area contributed by atoms with E-state index in [-0.39, 0.29) is 18.6 Å². The summed E-state index contributed by atoms with van der Waals surface area (Å²) in [4.78, 5) is 15.9. The average Bonchev–Trinajstić information content (AvgIpc) is 2.48. The lowest BCUT2D eigenvalue weighted by atomic mass is 10.1. The fourth-order valence-electron chi connectivity index (χ4n) is 1.88. The van der Waals surface area contributed by atoms with E-state index in [4.69, 9.17) is 11.6 Å². The number of aliphatic hydroxyl groups is 1. The Morgan fingerprint density at radius 1 is 1.30 bits per heavy atom. The number of aromatic nitrogens is 1. The van der Waals surface area contributed by atoms with E-state index in [9.17, 15) is 9.90 Å². The molecule has 2 aromatic rings. The van der Waals surface area contributed by atoms with Gasteiger partial charge in [-0.1, -0.05) is 41.9 Å². The number of pyridine rings is 1. The van der Waals surface area contributed by atoms with Gasteiger partial charge in [0.2, 0.25) is 0 Å². The highest BCUT2D eigenvalue weighted by molar-refractivity contribution is 6.33. The van der Waals surface area contributed by atoms with Gasteiger partial charge in [-0.25, -0.2) is 0 Å². The molecule has 0 spiro atoms. The second kappa shape index (κ2) is 7.03. The molecule has 1 atom stereocenters. The largest absolute Gasteiger partial charge is 0.394 e. The van der Waals surface area contributed by atoms with Crippen LogP contribution in [0, 0.1) is 0 Å². The molecule has 2 N–H and O–H groups in total. The minimum absolute atomic E-state index is 0.136. The molecule has 5 heteroatoms. The van der Waals surface area contributed by atoms with Crippen LogP contribution in [-0.4, -0.2) is 28.6 Å². The van der Waals surface area contributed by atoms with Crippen LogP contribution in [0.5, 0.6) is 0 Å². The first-order valence-electron chi connectivity index (χ1n) is 6.26. The molecule has 1 heterocycles. The summed E-state index contributed by atoms with van der Waals surface area (Å²) < 4.78 is 0. The Bertz CT molecular complexity index is 575. The number of benzene rings is 1. The molecule has 20 heavy (non-hydrogen) atoms. The number of carbonyl (C=O) groups excluding carboxylic acids is 1. The van der Waals surface area contributed by atoms with Gasteiger partial charge >= 0.3 is 0 Å². The van der Waals surface area contributed by atoms with Crippen molar-refractivity contribution in [3.05, 3.63) is 64.9 Å². The number of rotatable bonds is 5. The number of hydrogen-bond acceptors (Lipinski definition) is 3. The molecule has 104 valence electrons. The zero-order chi connectivity index (χ0) is 14.4. The minimum Gasteiger partial charge on any atom is -0.394 e. The van der Waals surface area contributed by atoms with Crippen molar-refractivity contribution in [2.75, 3.05) is 6.61 Å². The maximum absolute atomic E-state index is 12.1. The van der Waals surface area contributed by atoms with E-state index >= 15 is 0 Å². The summed E-state index contributed by atoms with van der Waals surface area (Å²) in [5.41, 5.74) is 1.40. The predicted octanol–water partition coefficient (Wildman–Crippen LogP) is 2.07. The van der Waals surface area contributed by atoms with Crippen LogP contribution in [0.15, 0.2) is 48.8 Å². The van der Waals surface area contributed by atoms with E-state index in [0.29, 0.717) is 17.0 Å². The fourth-order valence-corrected chi connectivity index (χ4v) is 2.09. The monoisotopic (exact) mass is 290 g/mol. The molecule has 0 aliphatic rings. The molecule has 0 saturated carbocycles. The van der Waals surface area contributed by atoms with Crippen LogP contribution in [0.25, 0.3) is 0 Å². The fraction of sp³-hybridized carbons (Fsp3) is 0.200. The van der Waals surface area contributed by atoms with Crippen molar-refractivity contribution < 1.29 is 9.90 Å². The van der Waals surface area contributed by atoms with Crippen LogP contribution in [0.1, 0.15) is 15.9 Å². The summed E-state index contributed by atoms with van der Waals surface area (Å²) in [6, 6.07) is 10.9. The number of aliphatic hydroxyl groups excluding tert-OH is 1. The Morgan fingerprint density at radius 2 is 2.05 bits per heavy atom. The van der Waals surface area contributed by atoms with E-state index in [0.717, 1.165) is 5.56 Å². The maximum atomic E-state index is 12.1. The lowest BCUT2D eigenvalue weighted by Gasteiger charge is -2.16. The molecular formula is C15H15ClN2O2. The second-order valence-corrected chi connectivity index (χ2v) is 4.81. The summed E-state index contributed by atoms with van der Waals surface area (Å²) in [5.74, 6) is -0.313. The molecule has 0 saturated heterocycles. The number of hydrogen-bond donors (Lipinski definition) is 2. The van der Waals surface area contributed by atoms with Gasteiger partial charge in [0.1, 0.15) is 0 Å². The topological polar surface area (TPSA) is 62.2 Å². The molecular weight excluding hydrogens is 276 g/mol. The van der Waals surface area contributed by atoms with E-state index < -0.39 is 0 Å². The lowest BCUT2D eigenvalue weighted by Crippen LogP contribution is -2.39. The summed E-state index contributed by atoms with van der Waals surface area (Å²) >= 11 is 5.92. The summed E-state index contributed by atoms with van der Waals surface area (Å²) in [6.07, 6.45) is 3.49. The molecule has 0 aliphatic carbocycles. The summed E-state index contributed by atoms with van der Waals surface area (Å²) in [6.45, 7) is -0.136. The van der Waals surface area contributed by atoms with Gasteiger partial charge in [-0.2, -0.15) is 0 Å². The Kier molecular flexibility index (Phi) is 5.09. The normalized spacial score (nSPS) is 11.9. The summed E-state index contributed by atoms with van der Waals surface area (Å²) in [7, 11) is 0. The first kappa shape index (κ1) is 14.5. The first-order valence-corrected chi connectivity index (χ1v) is 6.63. The lowest BCUT2D eigenvalue weighted by molar-refractivity contribution is 0.0916. The molecule has 0 fully saturated rings. The van der Waals surface area contributed by atoms with Crippen molar-refractivity contribution in [1.29, 1.82) is 0 Å². The molecule has 1 unspecified atom stereocenters. The number of carbonyl (C=O) groups is 1. The van der Waals surface area contributed by atoms with E-state index in [1.165, 1.54) is 12.4 Å². The zero-order valence-electron chi connectivity index (χ0n) is 10.8. The molecule has 0 bridgehead atoms. The first-order chi connectivity index (χ1) is 9.70. The van der Waals surface area contributed by atoms with Gasteiger partial charge in [-0.05, 0) is 18.1 Å². The average molecular weight is 291 g/mol. The van der Waals surface area contributed by atoms with E-state index in [2.05, 4.69) is 10.3 Å². The summed E-state index contributed by atoms with van der Waals surface area (Å²) in [5, 5.41) is 12.5. The molecule has 1 aromatic heterocycles. The highest BCUT2D eigenvalue weighted by atomic mass is 35.5. The molecule has 1 aromatic carbocycles. The number of nitrogens with zero attached hydrogens (tertiary/aromatic N) is 1. The van der Waals surface area contributed by atoms with Gasteiger partial charge in [0.25, 0.3) is 5.91 Å². The highest BCUT2D eigenvalue weighted by Gasteiger charge is 2.15. The van der Waals surface area contributed by atoms with Crippen LogP contribution >= 0.6 is 11.6 Å². The van der Waals surface area contributed by atoms with E-state index in [1.807, 2.05) is 30.3 Å². The van der Waals surface area contributed by atoms with Crippen molar-refractivity contribution in [3.63, 3.8) is 0 Å². The molecule has 2 rings (SSSR count). The van der Waals surface area contributed by atoms with Gasteiger partial charge in [0, 0.05) is 12.4 Å². The van der Waals surface area contributed by atoms with Crippen molar-refractivity contribution in [3.8, 4) is 0 Å². The standard InChI is InChI=1S/C15H15ClN2O2/c16-14-9-17-7-6-13(14)15(20)18-12(10-19)8-11-4-2-1-3-5-11/h1-7,9,12,19H,8,10H2,(H,18,20). The van der Waals surface area contributed by atoms with Crippen molar-refractivity contribution in [1.82, 2.24) is 10.3 Å². The van der Waals surface area contributed by atoms with Crippen molar-refractivity contribution in [2.24, 2.45) is 0 Å². The van der Waals surface area contributed by atoms with Crippen molar-refractivity contribution in [2.45, 2.75) is 12.5 Å². The van der Waals surface area contributed by atoms with Crippen LogP contribution in [0.2, 0.25) is 5.02 Å². The highest BCUT2D eigenvalue weighted by Crippen LogP contribution is 2.13. The van der Waals surface area contributed by atoms with Crippen LogP contribution in [0.4, 0.5) is 0 Å². The molecule has 1 amide bonds. The van der Waals surface area contributed by atoms with Crippen molar-refractivity contribution >= 4 is 17.5 Å². The Hall–Kier alpha value is -1.91. The number of amides is 1. The Morgan fingerprint density at radius 3 is 2.70 bits per heavy atom. The SMILES string of the molecule is O=C(NC(CO)Cc1ccccc1)c1ccncc1Cl. The van der Waals surface area contributed by atoms with Crippen LogP contribution in [-0.2, 0) is 6.42 Å². The minimum atomic E-state index is -0.353. The van der Waals surface area contributed by atoms with Crippen LogP contribution in [0.3, 0.4) is 0 Å². The number of halogens is 1. The quantitative estimate of drug-likeness (QED) is 0.886. The smallest absolute Gasteiger partial charge is 0.253 e. The van der Waals surface area contributed by atoms with Gasteiger partial charge in [0.15, 0.2) is 0 Å². The third-order valence-corrected chi connectivity index (χ3v) is 3.20. The number of nitrogens with one attached hydrogen (secondary N) is 1. The third kappa shape index (κ3) is 3.79. The van der Waals surface area contributed by atoms with Gasteiger partial charge in [0.05, 0.1) is 23.2 Å². The van der Waals surface area contributed by atoms with Gasteiger partial charge in [-0.3, -0.25) is 9.78 Å². The van der Waals surface area contributed by atoms with Gasteiger partial charge in [-0.15, -0.1) is 0 Å². The van der Waals surface area contributed by atoms with Crippen LogP contribution < -0.4 is 5.32 Å². The Balaban J connectivity index is 2.03.